The summed E-state index contributed by atoms with van der Waals surface area (Å²) >= 11 is 0. The highest BCUT2D eigenvalue weighted by atomic mass is 15.1. The molecule has 1 aliphatic rings. The van der Waals surface area contributed by atoms with Crippen LogP contribution in [0.3, 0.4) is 0 Å². The van der Waals surface area contributed by atoms with Gasteiger partial charge in [-0.15, -0.1) is 0 Å². The minimum atomic E-state index is 0.331. The zero-order valence-corrected chi connectivity index (χ0v) is 12.3. The number of aromatic nitrogens is 2. The summed E-state index contributed by atoms with van der Waals surface area (Å²) in [6.07, 6.45) is 7.81. The molecular weight excluding hydrogens is 246 g/mol. The largest absolute Gasteiger partial charge is 0.326 e. The van der Waals surface area contributed by atoms with E-state index in [4.69, 9.17) is 0 Å². The number of imidazole rings is 1. The zero-order valence-electron chi connectivity index (χ0n) is 12.3. The molecule has 3 heteroatoms. The molecule has 1 aliphatic heterocycles. The molecule has 1 N–H and O–H groups in total. The third-order valence-electron chi connectivity index (χ3n) is 4.42. The van der Waals surface area contributed by atoms with Crippen molar-refractivity contribution in [2.24, 2.45) is 0 Å². The number of nitrogens with zero attached hydrogens (tertiary/aromatic N) is 2. The van der Waals surface area contributed by atoms with Gasteiger partial charge in [0, 0.05) is 12.2 Å². The Bertz CT molecular complexity index is 567. The Kier molecular flexibility index (Phi) is 3.88. The maximum atomic E-state index is 4.40. The topological polar surface area (TPSA) is 29.9 Å². The first-order valence-corrected chi connectivity index (χ1v) is 7.58. The van der Waals surface area contributed by atoms with Crippen LogP contribution < -0.4 is 5.32 Å². The average molecular weight is 269 g/mol. The maximum Gasteiger partial charge on any atom is 0.0954 e. The van der Waals surface area contributed by atoms with Gasteiger partial charge in [0.15, 0.2) is 0 Å². The van der Waals surface area contributed by atoms with Crippen LogP contribution in [0.4, 0.5) is 0 Å². The number of hydrogen-bond donors (Lipinski definition) is 1. The van der Waals surface area contributed by atoms with Crippen LogP contribution in [0.15, 0.2) is 36.8 Å². The van der Waals surface area contributed by atoms with Gasteiger partial charge in [-0.2, -0.15) is 0 Å². The first-order valence-electron chi connectivity index (χ1n) is 7.58. The number of nitrogens with one attached hydrogen (secondary N) is 1. The lowest BCUT2D eigenvalue weighted by molar-refractivity contribution is 0.389. The van der Waals surface area contributed by atoms with Gasteiger partial charge < -0.3 is 9.88 Å². The molecule has 1 saturated heterocycles. The van der Waals surface area contributed by atoms with Crippen LogP contribution in [0.2, 0.25) is 0 Å². The quantitative estimate of drug-likeness (QED) is 0.922. The lowest BCUT2D eigenvalue weighted by Crippen LogP contribution is -2.29. The molecule has 0 spiro atoms. The molecular formula is C17H23N3. The van der Waals surface area contributed by atoms with Gasteiger partial charge in [0.2, 0.25) is 0 Å². The zero-order chi connectivity index (χ0) is 13.9. The van der Waals surface area contributed by atoms with Crippen molar-refractivity contribution >= 4 is 0 Å². The Hall–Kier alpha value is -1.61. The van der Waals surface area contributed by atoms with Crippen molar-refractivity contribution in [1.29, 1.82) is 0 Å². The Morgan fingerprint density at radius 2 is 2.15 bits per heavy atom. The number of benzene rings is 1. The Labute approximate surface area is 121 Å². The molecule has 0 radical (unpaired) electrons. The van der Waals surface area contributed by atoms with E-state index in [9.17, 15) is 0 Å². The van der Waals surface area contributed by atoms with E-state index in [1.54, 1.807) is 0 Å². The standard InChI is InChI=1S/C17H23N3/c1-13-7-3-4-8-15(13)14(2)20-12-18-11-17(20)16-9-5-6-10-19-16/h3-4,7-8,11-12,14,16,19H,5-6,9-10H2,1-2H3. The Morgan fingerprint density at radius 3 is 2.90 bits per heavy atom. The molecule has 0 aliphatic carbocycles. The van der Waals surface area contributed by atoms with E-state index >= 15 is 0 Å². The summed E-state index contributed by atoms with van der Waals surface area (Å²) in [4.78, 5) is 4.40. The van der Waals surface area contributed by atoms with Crippen LogP contribution >= 0.6 is 0 Å². The third-order valence-corrected chi connectivity index (χ3v) is 4.42. The Balaban J connectivity index is 1.91. The van der Waals surface area contributed by atoms with Gasteiger partial charge in [-0.05, 0) is 44.4 Å². The van der Waals surface area contributed by atoms with Crippen molar-refractivity contribution in [1.82, 2.24) is 14.9 Å². The van der Waals surface area contributed by atoms with E-state index in [0.717, 1.165) is 6.54 Å². The third kappa shape index (κ3) is 2.50. The molecule has 1 aromatic heterocycles. The SMILES string of the molecule is Cc1ccccc1C(C)n1cncc1C1CCCCN1. The minimum Gasteiger partial charge on any atom is -0.326 e. The summed E-state index contributed by atoms with van der Waals surface area (Å²) in [5, 5.41) is 3.62. The molecule has 2 aromatic rings. The molecule has 2 heterocycles. The van der Waals surface area contributed by atoms with E-state index < -0.39 is 0 Å². The lowest BCUT2D eigenvalue weighted by Gasteiger charge is -2.27. The molecule has 1 aromatic carbocycles. The van der Waals surface area contributed by atoms with E-state index in [2.05, 4.69) is 53.0 Å². The summed E-state index contributed by atoms with van der Waals surface area (Å²) in [7, 11) is 0. The van der Waals surface area contributed by atoms with Crippen LogP contribution in [-0.4, -0.2) is 16.1 Å². The molecule has 1 fully saturated rings. The van der Waals surface area contributed by atoms with Gasteiger partial charge in [-0.1, -0.05) is 30.7 Å². The predicted molar refractivity (Wildman–Crippen MR) is 81.8 cm³/mol. The van der Waals surface area contributed by atoms with E-state index in [1.165, 1.54) is 36.1 Å². The van der Waals surface area contributed by atoms with Crippen LogP contribution in [0.5, 0.6) is 0 Å². The van der Waals surface area contributed by atoms with Crippen LogP contribution in [-0.2, 0) is 0 Å². The molecule has 0 saturated carbocycles. The fourth-order valence-electron chi connectivity index (χ4n) is 3.22. The van der Waals surface area contributed by atoms with Crippen LogP contribution in [0.25, 0.3) is 0 Å². The van der Waals surface area contributed by atoms with Crippen molar-refractivity contribution in [3.63, 3.8) is 0 Å². The first-order chi connectivity index (χ1) is 9.77. The fourth-order valence-corrected chi connectivity index (χ4v) is 3.22. The van der Waals surface area contributed by atoms with Crippen molar-refractivity contribution in [3.8, 4) is 0 Å². The van der Waals surface area contributed by atoms with Gasteiger partial charge in [0.25, 0.3) is 0 Å². The summed E-state index contributed by atoms with van der Waals surface area (Å²) < 4.78 is 2.32. The van der Waals surface area contributed by atoms with E-state index in [0.29, 0.717) is 12.1 Å². The lowest BCUT2D eigenvalue weighted by atomic mass is 9.99. The second-order valence-electron chi connectivity index (χ2n) is 5.76. The number of aryl methyl sites for hydroxylation is 1. The van der Waals surface area contributed by atoms with Crippen LogP contribution in [0, 0.1) is 6.92 Å². The van der Waals surface area contributed by atoms with Crippen molar-refractivity contribution < 1.29 is 0 Å². The number of piperidine rings is 1. The van der Waals surface area contributed by atoms with Crippen molar-refractivity contribution in [3.05, 3.63) is 53.6 Å². The summed E-state index contributed by atoms with van der Waals surface area (Å²) in [6.45, 7) is 5.56. The highest BCUT2D eigenvalue weighted by Crippen LogP contribution is 2.28. The van der Waals surface area contributed by atoms with Gasteiger partial charge in [-0.3, -0.25) is 0 Å². The van der Waals surface area contributed by atoms with Gasteiger partial charge in [0.1, 0.15) is 0 Å². The highest BCUT2D eigenvalue weighted by molar-refractivity contribution is 5.29. The van der Waals surface area contributed by atoms with Gasteiger partial charge in [0.05, 0.1) is 18.1 Å². The van der Waals surface area contributed by atoms with Crippen LogP contribution in [0.1, 0.15) is 55.1 Å². The maximum absolute atomic E-state index is 4.40. The second-order valence-corrected chi connectivity index (χ2v) is 5.76. The van der Waals surface area contributed by atoms with Gasteiger partial charge in [-0.25, -0.2) is 4.98 Å². The monoisotopic (exact) mass is 269 g/mol. The second kappa shape index (κ2) is 5.80. The molecule has 3 rings (SSSR count). The molecule has 106 valence electrons. The van der Waals surface area contributed by atoms with Gasteiger partial charge >= 0.3 is 0 Å². The highest BCUT2D eigenvalue weighted by Gasteiger charge is 2.21. The first kappa shape index (κ1) is 13.4. The smallest absolute Gasteiger partial charge is 0.0954 e. The average Bonchev–Trinajstić information content (AvgIpc) is 2.97. The minimum absolute atomic E-state index is 0.331. The molecule has 2 unspecified atom stereocenters. The summed E-state index contributed by atoms with van der Waals surface area (Å²) in [6, 6.07) is 9.41. The fraction of sp³-hybridized carbons (Fsp3) is 0.471. The number of hydrogen-bond acceptors (Lipinski definition) is 2. The molecule has 0 bridgehead atoms. The van der Waals surface area contributed by atoms with E-state index in [1.807, 2.05) is 12.5 Å². The van der Waals surface area contributed by atoms with Crippen molar-refractivity contribution in [2.45, 2.75) is 45.2 Å². The number of rotatable bonds is 3. The normalized spacial score (nSPS) is 20.8. The molecule has 20 heavy (non-hydrogen) atoms. The molecule has 0 amide bonds. The van der Waals surface area contributed by atoms with Crippen molar-refractivity contribution in [2.75, 3.05) is 6.54 Å². The Morgan fingerprint density at radius 1 is 1.30 bits per heavy atom. The van der Waals surface area contributed by atoms with E-state index in [-0.39, 0.29) is 0 Å². The summed E-state index contributed by atoms with van der Waals surface area (Å²) in [5.74, 6) is 0. The summed E-state index contributed by atoms with van der Waals surface area (Å²) in [5.41, 5.74) is 4.04. The molecule has 3 nitrogen and oxygen atoms in total. The molecule has 2 atom stereocenters. The predicted octanol–water partition coefficient (Wildman–Crippen LogP) is 3.62.